The summed E-state index contributed by atoms with van der Waals surface area (Å²) in [4.78, 5) is 0. The van der Waals surface area contributed by atoms with Crippen molar-refractivity contribution in [2.75, 3.05) is 20.7 Å². The molecule has 0 unspecified atom stereocenters. The first-order valence-corrected chi connectivity index (χ1v) is 4.89. The van der Waals surface area contributed by atoms with E-state index >= 15 is 0 Å². The van der Waals surface area contributed by atoms with E-state index in [0.29, 0.717) is 0 Å². The van der Waals surface area contributed by atoms with Crippen molar-refractivity contribution < 1.29 is 18.6 Å². The molecular formula is C10H12ClF2NO2. The number of methoxy groups -OCH3 is 1. The van der Waals surface area contributed by atoms with Gasteiger partial charge in [0.15, 0.2) is 11.5 Å². The minimum atomic E-state index is -3.14. The van der Waals surface area contributed by atoms with Crippen molar-refractivity contribution in [3.8, 4) is 11.5 Å². The fraction of sp³-hybridized carbons (Fsp3) is 0.400. The van der Waals surface area contributed by atoms with E-state index in [1.54, 1.807) is 0 Å². The fourth-order valence-electron chi connectivity index (χ4n) is 1.30. The summed E-state index contributed by atoms with van der Waals surface area (Å²) in [5.74, 6) is -3.44. The summed E-state index contributed by atoms with van der Waals surface area (Å²) in [6.45, 7) is -0.557. The zero-order chi connectivity index (χ0) is 12.3. The van der Waals surface area contributed by atoms with Gasteiger partial charge in [-0.2, -0.15) is 8.78 Å². The number of hydrogen-bond donors (Lipinski definition) is 2. The number of ether oxygens (including phenoxy) is 1. The SMILES string of the molecule is CNCC(F)(F)c1cc(O)c(OC)cc1Cl. The lowest BCUT2D eigenvalue weighted by Gasteiger charge is -2.18. The molecule has 0 radical (unpaired) electrons. The third kappa shape index (κ3) is 2.54. The normalized spacial score (nSPS) is 11.6. The first-order chi connectivity index (χ1) is 7.42. The van der Waals surface area contributed by atoms with Gasteiger partial charge in [-0.05, 0) is 13.1 Å². The standard InChI is InChI=1S/C10H12ClF2NO2/c1-14-5-10(12,13)6-3-8(15)9(16-2)4-7(6)11/h3-4,14-15H,5H2,1-2H3. The Balaban J connectivity index is 3.20. The molecular weight excluding hydrogens is 240 g/mol. The number of nitrogens with one attached hydrogen (secondary N) is 1. The van der Waals surface area contributed by atoms with Crippen molar-refractivity contribution in [3.63, 3.8) is 0 Å². The van der Waals surface area contributed by atoms with Crippen molar-refractivity contribution in [2.45, 2.75) is 5.92 Å². The Morgan fingerprint density at radius 1 is 1.50 bits per heavy atom. The minimum absolute atomic E-state index is 0.0639. The zero-order valence-corrected chi connectivity index (χ0v) is 9.61. The van der Waals surface area contributed by atoms with E-state index < -0.39 is 18.0 Å². The van der Waals surface area contributed by atoms with Crippen LogP contribution in [0.3, 0.4) is 0 Å². The molecule has 1 aromatic carbocycles. The molecule has 0 atom stereocenters. The molecule has 3 nitrogen and oxygen atoms in total. The van der Waals surface area contributed by atoms with E-state index in [1.165, 1.54) is 14.2 Å². The lowest BCUT2D eigenvalue weighted by atomic mass is 10.1. The van der Waals surface area contributed by atoms with Gasteiger partial charge in [0.25, 0.3) is 5.92 Å². The number of benzene rings is 1. The van der Waals surface area contributed by atoms with E-state index in [4.69, 9.17) is 16.3 Å². The largest absolute Gasteiger partial charge is 0.504 e. The highest BCUT2D eigenvalue weighted by molar-refractivity contribution is 6.31. The first-order valence-electron chi connectivity index (χ1n) is 4.51. The molecule has 0 aliphatic heterocycles. The maximum atomic E-state index is 13.5. The molecule has 0 aromatic heterocycles. The van der Waals surface area contributed by atoms with Gasteiger partial charge in [-0.3, -0.25) is 0 Å². The monoisotopic (exact) mass is 251 g/mol. The van der Waals surface area contributed by atoms with Gasteiger partial charge in [0.2, 0.25) is 0 Å². The second kappa shape index (κ2) is 4.84. The number of rotatable bonds is 4. The molecule has 6 heteroatoms. The number of halogens is 3. The number of phenolic OH excluding ortho intramolecular Hbond substituents is 1. The Hall–Kier alpha value is -1.07. The zero-order valence-electron chi connectivity index (χ0n) is 8.85. The lowest BCUT2D eigenvalue weighted by Crippen LogP contribution is -2.28. The lowest BCUT2D eigenvalue weighted by molar-refractivity contribution is -0.00138. The Morgan fingerprint density at radius 3 is 2.62 bits per heavy atom. The van der Waals surface area contributed by atoms with Gasteiger partial charge < -0.3 is 15.2 Å². The highest BCUT2D eigenvalue weighted by atomic mass is 35.5. The average Bonchev–Trinajstić information content (AvgIpc) is 2.20. The number of likely N-dealkylation sites (N-methyl/N-ethyl adjacent to an activating group) is 1. The third-order valence-electron chi connectivity index (χ3n) is 2.06. The summed E-state index contributed by atoms with van der Waals surface area (Å²) >= 11 is 5.70. The minimum Gasteiger partial charge on any atom is -0.504 e. The van der Waals surface area contributed by atoms with Crippen LogP contribution < -0.4 is 10.1 Å². The molecule has 16 heavy (non-hydrogen) atoms. The molecule has 0 fully saturated rings. The molecule has 0 bridgehead atoms. The predicted octanol–water partition coefficient (Wildman–Crippen LogP) is 2.37. The maximum Gasteiger partial charge on any atom is 0.286 e. The number of alkyl halides is 2. The quantitative estimate of drug-likeness (QED) is 0.863. The molecule has 0 aliphatic carbocycles. The van der Waals surface area contributed by atoms with Gasteiger partial charge in [-0.25, -0.2) is 0 Å². The van der Waals surface area contributed by atoms with Gasteiger partial charge in [0.1, 0.15) is 0 Å². The highest BCUT2D eigenvalue weighted by Crippen LogP contribution is 2.39. The third-order valence-corrected chi connectivity index (χ3v) is 2.37. The van der Waals surface area contributed by atoms with Crippen LogP contribution >= 0.6 is 11.6 Å². The number of phenols is 1. The van der Waals surface area contributed by atoms with Crippen LogP contribution in [0.15, 0.2) is 12.1 Å². The topological polar surface area (TPSA) is 41.5 Å². The van der Waals surface area contributed by atoms with E-state index in [0.717, 1.165) is 12.1 Å². The Morgan fingerprint density at radius 2 is 2.12 bits per heavy atom. The van der Waals surface area contributed by atoms with Crippen LogP contribution in [0.25, 0.3) is 0 Å². The average molecular weight is 252 g/mol. The van der Waals surface area contributed by atoms with E-state index in [-0.39, 0.29) is 16.5 Å². The maximum absolute atomic E-state index is 13.5. The van der Waals surface area contributed by atoms with E-state index in [9.17, 15) is 13.9 Å². The predicted molar refractivity (Wildman–Crippen MR) is 57.5 cm³/mol. The van der Waals surface area contributed by atoms with Crippen LogP contribution in [0.4, 0.5) is 8.78 Å². The Bertz CT molecular complexity index is 385. The molecule has 1 rings (SSSR count). The van der Waals surface area contributed by atoms with Crippen LogP contribution in [0, 0.1) is 0 Å². The van der Waals surface area contributed by atoms with Gasteiger partial charge in [0.05, 0.1) is 18.7 Å². The molecule has 0 saturated carbocycles. The molecule has 0 aliphatic rings. The van der Waals surface area contributed by atoms with Crippen molar-refractivity contribution in [2.24, 2.45) is 0 Å². The van der Waals surface area contributed by atoms with Crippen molar-refractivity contribution in [3.05, 3.63) is 22.7 Å². The van der Waals surface area contributed by atoms with Crippen molar-refractivity contribution >= 4 is 11.6 Å². The van der Waals surface area contributed by atoms with Crippen LogP contribution in [-0.4, -0.2) is 25.8 Å². The molecule has 90 valence electrons. The Labute approximate surface area is 97.0 Å². The summed E-state index contributed by atoms with van der Waals surface area (Å²) in [7, 11) is 2.72. The molecule has 0 heterocycles. The molecule has 2 N–H and O–H groups in total. The Kier molecular flexibility index (Phi) is 3.93. The van der Waals surface area contributed by atoms with Gasteiger partial charge in [-0.15, -0.1) is 0 Å². The molecule has 0 spiro atoms. The van der Waals surface area contributed by atoms with Gasteiger partial charge in [-0.1, -0.05) is 11.6 Å². The van der Waals surface area contributed by atoms with Crippen molar-refractivity contribution in [1.82, 2.24) is 5.32 Å². The van der Waals surface area contributed by atoms with Gasteiger partial charge >= 0.3 is 0 Å². The molecule has 0 saturated heterocycles. The second-order valence-corrected chi connectivity index (χ2v) is 3.65. The molecule has 0 amide bonds. The number of aromatic hydroxyl groups is 1. The summed E-state index contributed by atoms with van der Waals surface area (Å²) in [5.41, 5.74) is -0.429. The summed E-state index contributed by atoms with van der Waals surface area (Å²) < 4.78 is 31.8. The molecule has 1 aromatic rings. The van der Waals surface area contributed by atoms with E-state index in [2.05, 4.69) is 5.32 Å². The van der Waals surface area contributed by atoms with Crippen LogP contribution in [-0.2, 0) is 5.92 Å². The summed E-state index contributed by atoms with van der Waals surface area (Å²) in [6, 6.07) is 2.08. The number of hydrogen-bond acceptors (Lipinski definition) is 3. The van der Waals surface area contributed by atoms with Crippen LogP contribution in [0.5, 0.6) is 11.5 Å². The summed E-state index contributed by atoms with van der Waals surface area (Å²) in [5, 5.41) is 11.6. The van der Waals surface area contributed by atoms with Crippen LogP contribution in [0.2, 0.25) is 5.02 Å². The van der Waals surface area contributed by atoms with Gasteiger partial charge in [0, 0.05) is 11.6 Å². The summed E-state index contributed by atoms with van der Waals surface area (Å²) in [6.07, 6.45) is 0. The fourth-order valence-corrected chi connectivity index (χ4v) is 1.60. The smallest absolute Gasteiger partial charge is 0.286 e. The van der Waals surface area contributed by atoms with Crippen molar-refractivity contribution in [1.29, 1.82) is 0 Å². The second-order valence-electron chi connectivity index (χ2n) is 3.24. The first kappa shape index (κ1) is 13.0. The highest BCUT2D eigenvalue weighted by Gasteiger charge is 2.34. The van der Waals surface area contributed by atoms with E-state index in [1.807, 2.05) is 0 Å². The van der Waals surface area contributed by atoms with Crippen LogP contribution in [0.1, 0.15) is 5.56 Å².